The van der Waals surface area contributed by atoms with Crippen molar-refractivity contribution in [2.75, 3.05) is 49.6 Å². The van der Waals surface area contributed by atoms with Gasteiger partial charge in [0.05, 0.1) is 35.3 Å². The molecule has 3 atom stereocenters. The van der Waals surface area contributed by atoms with Crippen molar-refractivity contribution >= 4 is 29.2 Å². The van der Waals surface area contributed by atoms with Crippen molar-refractivity contribution in [3.63, 3.8) is 0 Å². The van der Waals surface area contributed by atoms with Gasteiger partial charge in [0.15, 0.2) is 5.83 Å². The van der Waals surface area contributed by atoms with E-state index in [0.29, 0.717) is 43.2 Å². The lowest BCUT2D eigenvalue weighted by molar-refractivity contribution is -0.131. The maximum atomic E-state index is 13.9. The van der Waals surface area contributed by atoms with Gasteiger partial charge in [-0.15, -0.1) is 0 Å². The van der Waals surface area contributed by atoms with Crippen molar-refractivity contribution in [3.05, 3.63) is 54.0 Å². The second-order valence-electron chi connectivity index (χ2n) is 12.2. The quantitative estimate of drug-likeness (QED) is 0.348. The zero-order valence-corrected chi connectivity index (χ0v) is 24.9. The van der Waals surface area contributed by atoms with Crippen LogP contribution in [0, 0.1) is 16.7 Å². The number of hydrogen-bond acceptors (Lipinski definition) is 9. The molecule has 4 heterocycles. The summed E-state index contributed by atoms with van der Waals surface area (Å²) < 4.78 is 20.0. The smallest absolute Gasteiger partial charge is 0.318 e. The minimum atomic E-state index is -1.06. The van der Waals surface area contributed by atoms with E-state index in [2.05, 4.69) is 24.6 Å². The first-order valence-electron chi connectivity index (χ1n) is 15.1. The number of para-hydroxylation sites is 1. The molecule has 0 radical (unpaired) electrons. The maximum absolute atomic E-state index is 13.9. The number of rotatable bonds is 7. The zero-order valence-electron chi connectivity index (χ0n) is 24.9. The van der Waals surface area contributed by atoms with Gasteiger partial charge in [0.1, 0.15) is 12.4 Å². The first kappa shape index (κ1) is 29.7. The highest BCUT2D eigenvalue weighted by atomic mass is 19.1. The lowest BCUT2D eigenvalue weighted by Crippen LogP contribution is -2.55. The summed E-state index contributed by atoms with van der Waals surface area (Å²) in [5.74, 6) is -1.69. The van der Waals surface area contributed by atoms with Crippen LogP contribution >= 0.6 is 0 Å². The first-order valence-corrected chi connectivity index (χ1v) is 15.1. The number of likely N-dealkylation sites (tertiary alicyclic amines) is 1. The van der Waals surface area contributed by atoms with Gasteiger partial charge >= 0.3 is 6.01 Å². The van der Waals surface area contributed by atoms with Gasteiger partial charge in [0.2, 0.25) is 11.8 Å². The summed E-state index contributed by atoms with van der Waals surface area (Å²) in [5.41, 5.74) is 1.18. The molecule has 1 unspecified atom stereocenters. The van der Waals surface area contributed by atoms with Gasteiger partial charge in [-0.1, -0.05) is 24.8 Å². The fraction of sp³-hybridized carbons (Fsp3) is 0.500. The molecule has 0 N–H and O–H groups in total. The van der Waals surface area contributed by atoms with E-state index in [0.717, 1.165) is 24.9 Å². The van der Waals surface area contributed by atoms with Crippen molar-refractivity contribution in [1.82, 2.24) is 19.8 Å². The number of anilines is 2. The molecule has 3 aliphatic heterocycles. The number of hydrogen-bond donors (Lipinski definition) is 0. The molecule has 44 heavy (non-hydrogen) atoms. The van der Waals surface area contributed by atoms with Gasteiger partial charge in [-0.25, -0.2) is 4.39 Å². The van der Waals surface area contributed by atoms with Crippen LogP contribution < -0.4 is 14.5 Å². The Morgan fingerprint density at radius 1 is 1.16 bits per heavy atom. The van der Waals surface area contributed by atoms with E-state index in [9.17, 15) is 24.0 Å². The third kappa shape index (κ3) is 5.41. The van der Waals surface area contributed by atoms with Gasteiger partial charge in [-0.3, -0.25) is 19.3 Å². The largest absolute Gasteiger partial charge is 0.462 e. The maximum Gasteiger partial charge on any atom is 0.318 e. The Balaban J connectivity index is 1.32. The molecule has 12 heteroatoms. The highest BCUT2D eigenvalue weighted by Gasteiger charge is 2.54. The topological polar surface area (TPSA) is 123 Å². The van der Waals surface area contributed by atoms with Crippen LogP contribution in [-0.2, 0) is 27.2 Å². The minimum absolute atomic E-state index is 0.0230. The summed E-state index contributed by atoms with van der Waals surface area (Å²) in [7, 11) is 2.06. The van der Waals surface area contributed by atoms with E-state index in [1.807, 2.05) is 11.0 Å². The third-order valence-electron chi connectivity index (χ3n) is 9.50. The van der Waals surface area contributed by atoms with Gasteiger partial charge < -0.3 is 19.4 Å². The molecule has 0 saturated carbocycles. The fourth-order valence-electron chi connectivity index (χ4n) is 7.07. The number of likely N-dealkylation sites (N-methyl/N-ethyl adjacent to an activating group) is 1. The normalized spacial score (nSPS) is 25.3. The summed E-state index contributed by atoms with van der Waals surface area (Å²) in [6.07, 6.45) is 3.42. The van der Waals surface area contributed by atoms with E-state index >= 15 is 0 Å². The van der Waals surface area contributed by atoms with Crippen LogP contribution in [0.5, 0.6) is 6.01 Å². The third-order valence-corrected chi connectivity index (χ3v) is 9.50. The Labute approximate surface area is 255 Å². The van der Waals surface area contributed by atoms with Gasteiger partial charge in [0.25, 0.3) is 5.91 Å². The number of imide groups is 1. The highest BCUT2D eigenvalue weighted by Crippen LogP contribution is 2.47. The summed E-state index contributed by atoms with van der Waals surface area (Å²) >= 11 is 0. The number of carbonyl (C=O) groups is 3. The second kappa shape index (κ2) is 12.0. The van der Waals surface area contributed by atoms with Crippen LogP contribution in [0.3, 0.4) is 0 Å². The Bertz CT molecular complexity index is 1530. The molecule has 2 aromatic rings. The highest BCUT2D eigenvalue weighted by molar-refractivity contribution is 6.22. The molecule has 1 aromatic carbocycles. The molecule has 1 spiro atoms. The molecule has 11 nitrogen and oxygen atoms in total. The lowest BCUT2D eigenvalue weighted by Gasteiger charge is -2.42. The zero-order chi connectivity index (χ0) is 31.0. The predicted molar refractivity (Wildman–Crippen MR) is 159 cm³/mol. The Morgan fingerprint density at radius 3 is 2.66 bits per heavy atom. The molecule has 230 valence electrons. The van der Waals surface area contributed by atoms with E-state index in [4.69, 9.17) is 14.7 Å². The minimum Gasteiger partial charge on any atom is -0.462 e. The lowest BCUT2D eigenvalue weighted by atomic mass is 9.72. The van der Waals surface area contributed by atoms with Crippen LogP contribution in [0.15, 0.2) is 42.7 Å². The summed E-state index contributed by atoms with van der Waals surface area (Å²) in [4.78, 5) is 56.1. The fourth-order valence-corrected chi connectivity index (χ4v) is 7.07. The predicted octanol–water partition coefficient (Wildman–Crippen LogP) is 2.80. The van der Waals surface area contributed by atoms with Crippen molar-refractivity contribution < 1.29 is 23.5 Å². The van der Waals surface area contributed by atoms with E-state index in [1.165, 1.54) is 9.80 Å². The van der Waals surface area contributed by atoms with Gasteiger partial charge in [0, 0.05) is 44.1 Å². The molecule has 6 rings (SSSR count). The number of nitrogens with zero attached hydrogens (tertiary/aromatic N) is 7. The molecular formula is C32H36FN7O4. The molecule has 1 aliphatic carbocycles. The number of amides is 3. The number of carbonyl (C=O) groups excluding carboxylic acids is 3. The van der Waals surface area contributed by atoms with E-state index in [-0.39, 0.29) is 56.2 Å². The van der Waals surface area contributed by atoms with Crippen molar-refractivity contribution in [3.8, 4) is 12.1 Å². The summed E-state index contributed by atoms with van der Waals surface area (Å²) in [5, 5.41) is 9.48. The molecule has 3 saturated heterocycles. The van der Waals surface area contributed by atoms with Gasteiger partial charge in [-0.05, 0) is 51.4 Å². The Kier molecular flexibility index (Phi) is 8.07. The summed E-state index contributed by atoms with van der Waals surface area (Å²) in [6, 6.07) is 11.0. The molecule has 3 amide bonds. The van der Waals surface area contributed by atoms with Crippen molar-refractivity contribution in [2.45, 2.75) is 57.0 Å². The number of piperazine rings is 1. The SMILES string of the molecule is C=C(F)C(=O)N1CCN(c2nc(OC[C@@H]3CCCN3C)nc3c2CCC2(CC(=O)N(c4ccccc4)C2=O)C3)C[C@@H]1CC#N. The average molecular weight is 602 g/mol. The van der Waals surface area contributed by atoms with Crippen molar-refractivity contribution in [1.29, 1.82) is 5.26 Å². The molecular weight excluding hydrogens is 565 g/mol. The standard InChI is InChI=1S/C32H36FN7O4/c1-21(33)29(42)39-16-15-38(19-23(39)11-13-34)28-25-10-12-32(18-27(41)40(30(32)43)22-7-4-3-5-8-22)17-26(25)35-31(36-28)44-20-24-9-6-14-37(24)2/h3-5,7-8,23-24H,1,6,9-12,14-20H2,2H3/t23-,24-,32?/m0/s1. The van der Waals surface area contributed by atoms with Crippen LogP contribution in [0.4, 0.5) is 15.9 Å². The Hall–Kier alpha value is -4.37. The molecule has 3 fully saturated rings. The molecule has 1 aromatic heterocycles. The number of nitriles is 1. The van der Waals surface area contributed by atoms with Crippen molar-refractivity contribution in [2.24, 2.45) is 5.41 Å². The number of aromatic nitrogens is 2. The van der Waals surface area contributed by atoms with Crippen LogP contribution in [0.1, 0.15) is 43.4 Å². The first-order chi connectivity index (χ1) is 21.2. The van der Waals surface area contributed by atoms with E-state index < -0.39 is 23.2 Å². The number of ether oxygens (including phenoxy) is 1. The number of fused-ring (bicyclic) bond motifs is 1. The van der Waals surface area contributed by atoms with Crippen LogP contribution in [0.25, 0.3) is 0 Å². The monoisotopic (exact) mass is 601 g/mol. The average Bonchev–Trinajstić information content (AvgIpc) is 3.53. The number of benzene rings is 1. The van der Waals surface area contributed by atoms with Gasteiger partial charge in [-0.2, -0.15) is 15.2 Å². The summed E-state index contributed by atoms with van der Waals surface area (Å²) in [6.45, 7) is 5.38. The number of halogens is 1. The molecule has 4 aliphatic rings. The Morgan fingerprint density at radius 2 is 1.95 bits per heavy atom. The van der Waals surface area contributed by atoms with E-state index in [1.54, 1.807) is 24.3 Å². The molecule has 0 bridgehead atoms. The van der Waals surface area contributed by atoms with Crippen LogP contribution in [-0.4, -0.2) is 89.4 Å². The second-order valence-corrected chi connectivity index (χ2v) is 12.2. The van der Waals surface area contributed by atoms with Crippen LogP contribution in [0.2, 0.25) is 0 Å².